The number of rotatable bonds is 5. The molecule has 0 fully saturated rings. The molecule has 0 bridgehead atoms. The average Bonchev–Trinajstić information content (AvgIpc) is 2.99. The third-order valence-electron chi connectivity index (χ3n) is 4.74. The minimum atomic E-state index is -0.741. The van der Waals surface area contributed by atoms with Crippen LogP contribution in [0.3, 0.4) is 0 Å². The number of anilines is 3. The number of nitrogens with zero attached hydrogens (tertiary/aromatic N) is 1. The number of carbonyl (C=O) groups is 3. The Morgan fingerprint density at radius 1 is 0.765 bits per heavy atom. The van der Waals surface area contributed by atoms with E-state index >= 15 is 0 Å². The van der Waals surface area contributed by atoms with Gasteiger partial charge >= 0.3 is 0 Å². The molecule has 34 heavy (non-hydrogen) atoms. The van der Waals surface area contributed by atoms with Crippen molar-refractivity contribution in [2.24, 2.45) is 0 Å². The Morgan fingerprint density at radius 2 is 1.41 bits per heavy atom. The molecule has 4 rings (SSSR count). The van der Waals surface area contributed by atoms with Crippen LogP contribution in [0, 0.1) is 0 Å². The Hall–Kier alpha value is -2.74. The number of nitrogens with one attached hydrogen (secondary N) is 2. The predicted molar refractivity (Wildman–Crippen MR) is 136 cm³/mol. The van der Waals surface area contributed by atoms with E-state index in [1.165, 1.54) is 24.3 Å². The maximum absolute atomic E-state index is 12.9. The number of halogens is 5. The van der Waals surface area contributed by atoms with Crippen LogP contribution >= 0.6 is 58.0 Å². The number of benzene rings is 3. The molecule has 3 amide bonds. The van der Waals surface area contributed by atoms with Gasteiger partial charge in [0.15, 0.2) is 0 Å². The molecule has 3 aromatic rings. The first-order valence-electron chi connectivity index (χ1n) is 9.53. The number of hydrogen-bond donors (Lipinski definition) is 2. The first kappa shape index (κ1) is 24.4. The van der Waals surface area contributed by atoms with Crippen LogP contribution in [0.4, 0.5) is 17.1 Å². The maximum Gasteiger partial charge on any atom is 0.283 e. The highest BCUT2D eigenvalue weighted by Crippen LogP contribution is 2.37. The van der Waals surface area contributed by atoms with Crippen LogP contribution in [0.2, 0.25) is 20.1 Å². The fourth-order valence-electron chi connectivity index (χ4n) is 3.17. The molecule has 6 nitrogen and oxygen atoms in total. The van der Waals surface area contributed by atoms with Crippen LogP contribution in [-0.2, 0) is 9.59 Å². The summed E-state index contributed by atoms with van der Waals surface area (Å²) in [5, 5.41) is 6.23. The van der Waals surface area contributed by atoms with E-state index in [0.717, 1.165) is 4.90 Å². The molecule has 172 valence electrons. The molecule has 1 aliphatic rings. The molecule has 0 saturated carbocycles. The van der Waals surface area contributed by atoms with E-state index in [4.69, 9.17) is 58.0 Å². The van der Waals surface area contributed by atoms with Crippen molar-refractivity contribution in [2.75, 3.05) is 15.5 Å². The summed E-state index contributed by atoms with van der Waals surface area (Å²) in [6.07, 6.45) is 0. The molecule has 1 heterocycles. The molecular weight excluding hydrogens is 544 g/mol. The van der Waals surface area contributed by atoms with Crippen molar-refractivity contribution in [3.8, 4) is 0 Å². The second-order valence-corrected chi connectivity index (χ2v) is 9.06. The van der Waals surface area contributed by atoms with E-state index in [1.807, 2.05) is 0 Å². The highest BCUT2D eigenvalue weighted by Gasteiger charge is 2.40. The van der Waals surface area contributed by atoms with Gasteiger partial charge in [-0.3, -0.25) is 14.4 Å². The van der Waals surface area contributed by atoms with E-state index in [2.05, 4.69) is 10.6 Å². The third kappa shape index (κ3) is 4.87. The van der Waals surface area contributed by atoms with Gasteiger partial charge in [-0.15, -0.1) is 0 Å². The predicted octanol–water partition coefficient (Wildman–Crippen LogP) is 6.99. The summed E-state index contributed by atoms with van der Waals surface area (Å²) in [4.78, 5) is 39.0. The molecule has 0 aromatic heterocycles. The Balaban J connectivity index is 1.50. The van der Waals surface area contributed by atoms with Crippen molar-refractivity contribution in [2.45, 2.75) is 0 Å². The van der Waals surface area contributed by atoms with Crippen molar-refractivity contribution in [1.29, 1.82) is 0 Å². The van der Waals surface area contributed by atoms with Crippen molar-refractivity contribution < 1.29 is 14.4 Å². The third-order valence-corrected chi connectivity index (χ3v) is 6.33. The van der Waals surface area contributed by atoms with E-state index < -0.39 is 17.7 Å². The zero-order valence-corrected chi connectivity index (χ0v) is 20.6. The van der Waals surface area contributed by atoms with Gasteiger partial charge in [0.2, 0.25) is 0 Å². The van der Waals surface area contributed by atoms with Gasteiger partial charge in [-0.1, -0.05) is 64.1 Å². The number of hydrogen-bond acceptors (Lipinski definition) is 4. The smallest absolute Gasteiger partial charge is 0.283 e. The number of carbonyl (C=O) groups excluding carboxylic acids is 3. The normalized spacial score (nSPS) is 13.5. The van der Waals surface area contributed by atoms with Gasteiger partial charge in [0.1, 0.15) is 10.7 Å². The average molecular weight is 556 g/mol. The van der Waals surface area contributed by atoms with Crippen molar-refractivity contribution >= 4 is 92.8 Å². The zero-order chi connectivity index (χ0) is 24.6. The fraction of sp³-hybridized carbons (Fsp3) is 0. The molecule has 0 atom stereocenters. The minimum Gasteiger partial charge on any atom is -0.350 e. The molecule has 0 spiro atoms. The summed E-state index contributed by atoms with van der Waals surface area (Å²) in [6, 6.07) is 15.4. The van der Waals surface area contributed by atoms with E-state index in [1.54, 1.807) is 36.4 Å². The second-order valence-electron chi connectivity index (χ2n) is 7.02. The van der Waals surface area contributed by atoms with Gasteiger partial charge in [-0.05, 0) is 54.6 Å². The first-order chi connectivity index (χ1) is 16.2. The molecule has 3 aromatic carbocycles. The van der Waals surface area contributed by atoms with Gasteiger partial charge in [0, 0.05) is 27.0 Å². The molecule has 2 N–H and O–H groups in total. The summed E-state index contributed by atoms with van der Waals surface area (Å²) in [7, 11) is 0. The number of imide groups is 1. The van der Waals surface area contributed by atoms with Gasteiger partial charge in [0.05, 0.1) is 15.7 Å². The Bertz CT molecular complexity index is 1350. The Morgan fingerprint density at radius 3 is 2.06 bits per heavy atom. The first-order valence-corrected chi connectivity index (χ1v) is 11.4. The van der Waals surface area contributed by atoms with Crippen LogP contribution < -0.4 is 15.5 Å². The summed E-state index contributed by atoms with van der Waals surface area (Å²) >= 11 is 30.2. The van der Waals surface area contributed by atoms with E-state index in [0.29, 0.717) is 27.0 Å². The molecule has 0 saturated heterocycles. The van der Waals surface area contributed by atoms with Gasteiger partial charge < -0.3 is 10.6 Å². The van der Waals surface area contributed by atoms with Crippen LogP contribution in [0.15, 0.2) is 71.4 Å². The fourth-order valence-corrected chi connectivity index (χ4v) is 4.29. The highest BCUT2D eigenvalue weighted by atomic mass is 35.5. The van der Waals surface area contributed by atoms with Gasteiger partial charge in [0.25, 0.3) is 17.7 Å². The van der Waals surface area contributed by atoms with E-state index in [-0.39, 0.29) is 26.5 Å². The summed E-state index contributed by atoms with van der Waals surface area (Å²) < 4.78 is 0. The monoisotopic (exact) mass is 553 g/mol. The van der Waals surface area contributed by atoms with E-state index in [9.17, 15) is 14.4 Å². The highest BCUT2D eigenvalue weighted by molar-refractivity contribution is 6.54. The van der Waals surface area contributed by atoms with Crippen molar-refractivity contribution in [3.05, 3.63) is 97.0 Å². The molecular formula is C23H12Cl5N3O3. The van der Waals surface area contributed by atoms with Crippen LogP contribution in [-0.4, -0.2) is 17.7 Å². The van der Waals surface area contributed by atoms with Gasteiger partial charge in [-0.25, -0.2) is 4.90 Å². The standard InChI is InChI=1S/C23H12Cl5N3O3/c24-12-8-13(25)10-15(9-12)30-21(32)11-4-6-14(7-5-11)29-20-19(28)22(33)31(23(20)34)17-3-1-2-16(26)18(17)27/h1-10,29H,(H,30,32). The Labute approximate surface area is 219 Å². The lowest BCUT2D eigenvalue weighted by atomic mass is 10.2. The lowest BCUT2D eigenvalue weighted by Crippen LogP contribution is -2.32. The molecule has 11 heteroatoms. The zero-order valence-electron chi connectivity index (χ0n) is 16.8. The van der Waals surface area contributed by atoms with Gasteiger partial charge in [-0.2, -0.15) is 0 Å². The Kier molecular flexibility index (Phi) is 7.07. The quantitative estimate of drug-likeness (QED) is 0.333. The number of amides is 3. The summed E-state index contributed by atoms with van der Waals surface area (Å²) in [5.41, 5.74) is 1.19. The minimum absolute atomic E-state index is 0.0490. The maximum atomic E-state index is 12.9. The molecule has 0 radical (unpaired) electrons. The summed E-state index contributed by atoms with van der Waals surface area (Å²) in [5.74, 6) is -1.83. The van der Waals surface area contributed by atoms with Crippen molar-refractivity contribution in [3.63, 3.8) is 0 Å². The topological polar surface area (TPSA) is 78.5 Å². The van der Waals surface area contributed by atoms with Crippen LogP contribution in [0.25, 0.3) is 0 Å². The van der Waals surface area contributed by atoms with Crippen LogP contribution in [0.5, 0.6) is 0 Å². The largest absolute Gasteiger partial charge is 0.350 e. The molecule has 1 aliphatic heterocycles. The lowest BCUT2D eigenvalue weighted by Gasteiger charge is -2.17. The van der Waals surface area contributed by atoms with Crippen molar-refractivity contribution in [1.82, 2.24) is 0 Å². The second kappa shape index (κ2) is 9.86. The molecule has 0 aliphatic carbocycles. The van der Waals surface area contributed by atoms with Crippen LogP contribution in [0.1, 0.15) is 10.4 Å². The molecule has 0 unspecified atom stereocenters. The summed E-state index contributed by atoms with van der Waals surface area (Å²) in [6.45, 7) is 0. The lowest BCUT2D eigenvalue weighted by molar-refractivity contribution is -0.120. The SMILES string of the molecule is O=C(Nc1cc(Cl)cc(Cl)c1)c1ccc(NC2=C(Cl)C(=O)N(c3cccc(Cl)c3Cl)C2=O)cc1.